The fourth-order valence-electron chi connectivity index (χ4n) is 3.04. The van der Waals surface area contributed by atoms with E-state index in [1.54, 1.807) is 0 Å². The predicted molar refractivity (Wildman–Crippen MR) is 92.0 cm³/mol. The van der Waals surface area contributed by atoms with Crippen LogP contribution in [0.2, 0.25) is 0 Å². The van der Waals surface area contributed by atoms with Gasteiger partial charge in [-0.1, -0.05) is 12.1 Å². The van der Waals surface area contributed by atoms with Gasteiger partial charge in [0.2, 0.25) is 5.91 Å². The number of nitrogens with one attached hydrogen (secondary N) is 2. The smallest absolute Gasteiger partial charge is 0.250 e. The van der Waals surface area contributed by atoms with E-state index in [0.717, 1.165) is 55.8 Å². The van der Waals surface area contributed by atoms with Crippen molar-refractivity contribution < 1.29 is 9.53 Å². The van der Waals surface area contributed by atoms with Crippen molar-refractivity contribution in [2.45, 2.75) is 37.8 Å². The van der Waals surface area contributed by atoms with Crippen LogP contribution in [0.15, 0.2) is 24.3 Å². The molecule has 2 fully saturated rings. The van der Waals surface area contributed by atoms with E-state index in [1.807, 2.05) is 28.9 Å². The number of benzene rings is 1. The first-order valence-corrected chi connectivity index (χ1v) is 8.80. The lowest BCUT2D eigenvalue weighted by Gasteiger charge is -2.22. The van der Waals surface area contributed by atoms with Crippen LogP contribution in [0, 0.1) is 0 Å². The van der Waals surface area contributed by atoms with Crippen molar-refractivity contribution in [1.29, 1.82) is 0 Å². The van der Waals surface area contributed by atoms with Crippen LogP contribution in [0.3, 0.4) is 0 Å². The van der Waals surface area contributed by atoms with Gasteiger partial charge >= 0.3 is 0 Å². The fourth-order valence-corrected chi connectivity index (χ4v) is 3.04. The van der Waals surface area contributed by atoms with E-state index in [4.69, 9.17) is 4.74 Å². The molecule has 8 nitrogen and oxygen atoms in total. The summed E-state index contributed by atoms with van der Waals surface area (Å²) in [5.74, 6) is 0.599. The number of nitrogens with zero attached hydrogens (tertiary/aromatic N) is 4. The van der Waals surface area contributed by atoms with Crippen LogP contribution in [-0.2, 0) is 9.53 Å². The Bertz CT molecular complexity index is 736. The Hall–Kier alpha value is -2.32. The van der Waals surface area contributed by atoms with Crippen molar-refractivity contribution in [3.05, 3.63) is 24.3 Å². The molecule has 0 radical (unpaired) electrons. The van der Waals surface area contributed by atoms with Crippen LogP contribution < -0.4 is 10.6 Å². The highest BCUT2D eigenvalue weighted by atomic mass is 16.5. The molecule has 2 aromatic rings. The molecule has 8 heteroatoms. The second-order valence-corrected chi connectivity index (χ2v) is 6.57. The summed E-state index contributed by atoms with van der Waals surface area (Å²) >= 11 is 0. The number of rotatable bonds is 6. The van der Waals surface area contributed by atoms with Gasteiger partial charge in [0, 0.05) is 11.3 Å². The molecule has 1 saturated carbocycles. The first-order chi connectivity index (χ1) is 12.3. The Morgan fingerprint density at radius 3 is 2.92 bits per heavy atom. The van der Waals surface area contributed by atoms with Gasteiger partial charge in [0.15, 0.2) is 5.82 Å². The van der Waals surface area contributed by atoms with Crippen LogP contribution in [-0.4, -0.2) is 51.9 Å². The molecule has 1 aliphatic carbocycles. The lowest BCUT2D eigenvalue weighted by molar-refractivity contribution is -0.123. The minimum Gasteiger partial charge on any atom is -0.368 e. The largest absolute Gasteiger partial charge is 0.368 e. The molecule has 2 aliphatic rings. The Balaban J connectivity index is 1.37. The molecule has 132 valence electrons. The summed E-state index contributed by atoms with van der Waals surface area (Å²) in [5.41, 5.74) is 1.62. The minimum atomic E-state index is -0.141. The summed E-state index contributed by atoms with van der Waals surface area (Å²) in [4.78, 5) is 12.1. The zero-order valence-corrected chi connectivity index (χ0v) is 14.0. The summed E-state index contributed by atoms with van der Waals surface area (Å²) in [5, 5.41) is 18.1. The molecule has 0 spiro atoms. The standard InChI is InChI=1S/C17H22N6O2/c24-16(11-25-15-6-8-18-9-7-15)19-13-3-1-2-12(10-13)17-20-21-22-23(17)14-4-5-14/h1-3,10,14-15,18H,4-9,11H2,(H,19,24). The Morgan fingerprint density at radius 1 is 1.28 bits per heavy atom. The molecule has 1 aromatic heterocycles. The molecule has 0 unspecified atom stereocenters. The molecule has 0 bridgehead atoms. The van der Waals surface area contributed by atoms with Crippen molar-refractivity contribution in [2.75, 3.05) is 25.0 Å². The third-order valence-electron chi connectivity index (χ3n) is 4.53. The van der Waals surface area contributed by atoms with Gasteiger partial charge in [0.1, 0.15) is 6.61 Å². The minimum absolute atomic E-state index is 0.0781. The fraction of sp³-hybridized carbons (Fsp3) is 0.529. The quantitative estimate of drug-likeness (QED) is 0.824. The number of anilines is 1. The predicted octanol–water partition coefficient (Wildman–Crippen LogP) is 1.38. The van der Waals surface area contributed by atoms with Crippen LogP contribution in [0.1, 0.15) is 31.7 Å². The summed E-state index contributed by atoms with van der Waals surface area (Å²) in [6.45, 7) is 1.97. The van der Waals surface area contributed by atoms with Crippen LogP contribution in [0.25, 0.3) is 11.4 Å². The molecule has 25 heavy (non-hydrogen) atoms. The average molecular weight is 342 g/mol. The molecule has 2 heterocycles. The molecule has 4 rings (SSSR count). The lowest BCUT2D eigenvalue weighted by atomic mass is 10.1. The van der Waals surface area contributed by atoms with Crippen molar-refractivity contribution in [3.63, 3.8) is 0 Å². The first kappa shape index (κ1) is 16.2. The number of tetrazole rings is 1. The molecular formula is C17H22N6O2. The Kier molecular flexibility index (Phi) is 4.71. The third-order valence-corrected chi connectivity index (χ3v) is 4.53. The molecule has 1 amide bonds. The summed E-state index contributed by atoms with van der Waals surface area (Å²) in [6, 6.07) is 8.00. The normalized spacial score (nSPS) is 18.2. The van der Waals surface area contributed by atoms with Gasteiger partial charge < -0.3 is 15.4 Å². The van der Waals surface area contributed by atoms with E-state index in [2.05, 4.69) is 26.2 Å². The van der Waals surface area contributed by atoms with Gasteiger partial charge in [0.25, 0.3) is 0 Å². The van der Waals surface area contributed by atoms with E-state index in [-0.39, 0.29) is 18.6 Å². The van der Waals surface area contributed by atoms with Crippen molar-refractivity contribution in [2.24, 2.45) is 0 Å². The van der Waals surface area contributed by atoms with Gasteiger partial charge in [-0.15, -0.1) is 5.10 Å². The maximum absolute atomic E-state index is 12.1. The Morgan fingerprint density at radius 2 is 2.12 bits per heavy atom. The number of amides is 1. The monoisotopic (exact) mass is 342 g/mol. The molecule has 1 aromatic carbocycles. The zero-order chi connectivity index (χ0) is 17.1. The number of hydrogen-bond acceptors (Lipinski definition) is 6. The van der Waals surface area contributed by atoms with E-state index in [9.17, 15) is 4.79 Å². The number of hydrogen-bond donors (Lipinski definition) is 2. The van der Waals surface area contributed by atoms with E-state index in [1.165, 1.54) is 0 Å². The molecular weight excluding hydrogens is 320 g/mol. The van der Waals surface area contributed by atoms with Gasteiger partial charge in [-0.2, -0.15) is 0 Å². The number of piperidine rings is 1. The Labute approximate surface area is 145 Å². The lowest BCUT2D eigenvalue weighted by Crippen LogP contribution is -2.34. The highest BCUT2D eigenvalue weighted by Gasteiger charge is 2.28. The SMILES string of the molecule is O=C(COC1CCNCC1)Nc1cccc(-c2nnnn2C2CC2)c1. The van der Waals surface area contributed by atoms with Crippen LogP contribution >= 0.6 is 0 Å². The second-order valence-electron chi connectivity index (χ2n) is 6.57. The van der Waals surface area contributed by atoms with Gasteiger partial charge in [-0.3, -0.25) is 4.79 Å². The van der Waals surface area contributed by atoms with Crippen LogP contribution in [0.5, 0.6) is 0 Å². The summed E-state index contributed by atoms with van der Waals surface area (Å²) in [7, 11) is 0. The van der Waals surface area contributed by atoms with E-state index < -0.39 is 0 Å². The highest BCUT2D eigenvalue weighted by Crippen LogP contribution is 2.36. The van der Waals surface area contributed by atoms with Crippen molar-refractivity contribution in [1.82, 2.24) is 25.5 Å². The topological polar surface area (TPSA) is 94.0 Å². The van der Waals surface area contributed by atoms with Gasteiger partial charge in [-0.25, -0.2) is 4.68 Å². The maximum Gasteiger partial charge on any atom is 0.250 e. The molecule has 1 aliphatic heterocycles. The summed E-state index contributed by atoms with van der Waals surface area (Å²) in [6.07, 6.45) is 4.30. The van der Waals surface area contributed by atoms with Gasteiger partial charge in [0.05, 0.1) is 12.1 Å². The van der Waals surface area contributed by atoms with Crippen molar-refractivity contribution in [3.8, 4) is 11.4 Å². The second kappa shape index (κ2) is 7.28. The third kappa shape index (κ3) is 4.02. The van der Waals surface area contributed by atoms with Crippen molar-refractivity contribution >= 4 is 11.6 Å². The number of carbonyl (C=O) groups is 1. The number of ether oxygens (including phenoxy) is 1. The average Bonchev–Trinajstić information content (AvgIpc) is 3.37. The van der Waals surface area contributed by atoms with E-state index in [0.29, 0.717) is 6.04 Å². The number of carbonyl (C=O) groups excluding carboxylic acids is 1. The van der Waals surface area contributed by atoms with Gasteiger partial charge in [-0.05, 0) is 61.3 Å². The first-order valence-electron chi connectivity index (χ1n) is 8.80. The number of aromatic nitrogens is 4. The summed E-state index contributed by atoms with van der Waals surface area (Å²) < 4.78 is 7.55. The zero-order valence-electron chi connectivity index (χ0n) is 14.0. The highest BCUT2D eigenvalue weighted by molar-refractivity contribution is 5.92. The van der Waals surface area contributed by atoms with Crippen LogP contribution in [0.4, 0.5) is 5.69 Å². The van der Waals surface area contributed by atoms with E-state index >= 15 is 0 Å². The molecule has 2 N–H and O–H groups in total. The molecule has 1 saturated heterocycles. The maximum atomic E-state index is 12.1. The molecule has 0 atom stereocenters.